The summed E-state index contributed by atoms with van der Waals surface area (Å²) in [6, 6.07) is 8.86. The van der Waals surface area contributed by atoms with Gasteiger partial charge in [-0.2, -0.15) is 0 Å². The summed E-state index contributed by atoms with van der Waals surface area (Å²) in [6.07, 6.45) is 7.11. The number of fused-ring (bicyclic) bond motifs is 1. The Kier molecular flexibility index (Phi) is 4.95. The molecule has 1 heterocycles. The van der Waals surface area contributed by atoms with E-state index in [-0.39, 0.29) is 5.78 Å². The van der Waals surface area contributed by atoms with Gasteiger partial charge in [-0.3, -0.25) is 4.79 Å². The first-order valence-corrected chi connectivity index (χ1v) is 8.60. The number of nitrogen functional groups attached to an aromatic ring is 1. The maximum Gasteiger partial charge on any atom is 0.189 e. The number of allylic oxidation sites excluding steroid dienone is 1. The molecule has 0 radical (unpaired) electrons. The molecule has 2 aromatic rings. The van der Waals surface area contributed by atoms with E-state index in [1.165, 1.54) is 6.08 Å². The van der Waals surface area contributed by atoms with E-state index in [2.05, 4.69) is 0 Å². The molecule has 5 nitrogen and oxygen atoms in total. The second kappa shape index (κ2) is 7.19. The van der Waals surface area contributed by atoms with Crippen molar-refractivity contribution in [3.8, 4) is 17.2 Å². The number of carbonyl (C=O) groups is 1. The van der Waals surface area contributed by atoms with E-state index in [0.717, 1.165) is 11.1 Å². The van der Waals surface area contributed by atoms with Crippen LogP contribution in [0.2, 0.25) is 0 Å². The quantitative estimate of drug-likeness (QED) is 0.484. The minimum absolute atomic E-state index is 0.158. The fourth-order valence-electron chi connectivity index (χ4n) is 2.92. The van der Waals surface area contributed by atoms with Crippen molar-refractivity contribution in [2.75, 3.05) is 20.0 Å². The summed E-state index contributed by atoms with van der Waals surface area (Å²) in [6.45, 7) is 3.88. The van der Waals surface area contributed by atoms with Crippen LogP contribution in [0.15, 0.2) is 42.5 Å². The first-order valence-electron chi connectivity index (χ1n) is 8.60. The van der Waals surface area contributed by atoms with Crippen molar-refractivity contribution in [2.24, 2.45) is 0 Å². The summed E-state index contributed by atoms with van der Waals surface area (Å²) in [7, 11) is 3.16. The number of hydrogen-bond acceptors (Lipinski definition) is 5. The first kappa shape index (κ1) is 18.6. The van der Waals surface area contributed by atoms with E-state index in [9.17, 15) is 4.79 Å². The summed E-state index contributed by atoms with van der Waals surface area (Å²) in [4.78, 5) is 12.8. The molecule has 0 saturated heterocycles. The number of methoxy groups -OCH3 is 2. The average Bonchev–Trinajstić information content (AvgIpc) is 2.64. The van der Waals surface area contributed by atoms with Gasteiger partial charge in [0.15, 0.2) is 5.78 Å². The third kappa shape index (κ3) is 3.82. The standard InChI is InChI=1S/C22H23NO4/c1-22(2)12-11-16-19(25-3)10-7-15(21(16)27-22)18(24)8-5-14-6-9-20(26-4)17(23)13-14/h5-13H,23H2,1-4H3/b8-5+. The highest BCUT2D eigenvalue weighted by molar-refractivity contribution is 6.09. The molecule has 0 atom stereocenters. The van der Waals surface area contributed by atoms with Crippen LogP contribution in [-0.4, -0.2) is 25.6 Å². The molecular formula is C22H23NO4. The largest absolute Gasteiger partial charge is 0.496 e. The molecule has 0 spiro atoms. The summed E-state index contributed by atoms with van der Waals surface area (Å²) >= 11 is 0. The van der Waals surface area contributed by atoms with Crippen LogP contribution in [0.3, 0.4) is 0 Å². The smallest absolute Gasteiger partial charge is 0.189 e. The van der Waals surface area contributed by atoms with Crippen LogP contribution in [0.4, 0.5) is 5.69 Å². The van der Waals surface area contributed by atoms with Gasteiger partial charge >= 0.3 is 0 Å². The van der Waals surface area contributed by atoms with Crippen LogP contribution in [-0.2, 0) is 0 Å². The Labute approximate surface area is 159 Å². The third-order valence-corrected chi connectivity index (χ3v) is 4.34. The van der Waals surface area contributed by atoms with Gasteiger partial charge in [0.25, 0.3) is 0 Å². The molecule has 0 saturated carbocycles. The van der Waals surface area contributed by atoms with E-state index in [1.807, 2.05) is 32.1 Å². The monoisotopic (exact) mass is 365 g/mol. The average molecular weight is 365 g/mol. The van der Waals surface area contributed by atoms with Gasteiger partial charge in [0.05, 0.1) is 31.0 Å². The number of hydrogen-bond donors (Lipinski definition) is 1. The van der Waals surface area contributed by atoms with Gasteiger partial charge in [0, 0.05) is 0 Å². The van der Waals surface area contributed by atoms with Crippen LogP contribution in [0.1, 0.15) is 35.3 Å². The van der Waals surface area contributed by atoms with Gasteiger partial charge in [-0.1, -0.05) is 12.1 Å². The molecule has 0 bridgehead atoms. The van der Waals surface area contributed by atoms with Gasteiger partial charge in [0.2, 0.25) is 0 Å². The molecule has 27 heavy (non-hydrogen) atoms. The SMILES string of the molecule is COc1ccc(/C=C/C(=O)c2ccc(OC)c3c2OC(C)(C)C=C3)cc1N. The Bertz CT molecular complexity index is 942. The topological polar surface area (TPSA) is 70.8 Å². The summed E-state index contributed by atoms with van der Waals surface area (Å²) < 4.78 is 16.6. The van der Waals surface area contributed by atoms with E-state index < -0.39 is 5.60 Å². The number of rotatable bonds is 5. The predicted molar refractivity (Wildman–Crippen MR) is 108 cm³/mol. The van der Waals surface area contributed by atoms with Gasteiger partial charge in [0.1, 0.15) is 22.8 Å². The van der Waals surface area contributed by atoms with Gasteiger partial charge < -0.3 is 19.9 Å². The van der Waals surface area contributed by atoms with Crippen LogP contribution in [0.5, 0.6) is 17.2 Å². The first-order chi connectivity index (χ1) is 12.8. The molecule has 1 aliphatic heterocycles. The Morgan fingerprint density at radius 1 is 1.11 bits per heavy atom. The lowest BCUT2D eigenvalue weighted by Crippen LogP contribution is -2.28. The Morgan fingerprint density at radius 2 is 1.81 bits per heavy atom. The molecule has 5 heteroatoms. The van der Waals surface area contributed by atoms with Crippen molar-refractivity contribution in [1.29, 1.82) is 0 Å². The van der Waals surface area contributed by atoms with Gasteiger partial charge in [-0.05, 0) is 61.9 Å². The molecule has 0 fully saturated rings. The molecule has 140 valence electrons. The second-order valence-electron chi connectivity index (χ2n) is 6.80. The van der Waals surface area contributed by atoms with Crippen LogP contribution >= 0.6 is 0 Å². The second-order valence-corrected chi connectivity index (χ2v) is 6.80. The predicted octanol–water partition coefficient (Wildman–Crippen LogP) is 4.37. The van der Waals surface area contributed by atoms with E-state index in [4.69, 9.17) is 19.9 Å². The molecule has 2 aromatic carbocycles. The summed E-state index contributed by atoms with van der Waals surface area (Å²) in [5.41, 5.74) is 8.00. The molecule has 0 aliphatic carbocycles. The number of carbonyl (C=O) groups excluding carboxylic acids is 1. The number of ketones is 1. The zero-order chi connectivity index (χ0) is 19.6. The highest BCUT2D eigenvalue weighted by Crippen LogP contribution is 2.40. The van der Waals surface area contributed by atoms with Crippen LogP contribution in [0.25, 0.3) is 12.2 Å². The van der Waals surface area contributed by atoms with Gasteiger partial charge in [-0.15, -0.1) is 0 Å². The lowest BCUT2D eigenvalue weighted by molar-refractivity contribution is 0.103. The Balaban J connectivity index is 1.94. The van der Waals surface area contributed by atoms with Crippen molar-refractivity contribution in [1.82, 2.24) is 0 Å². The van der Waals surface area contributed by atoms with Crippen LogP contribution < -0.4 is 19.9 Å². The zero-order valence-electron chi connectivity index (χ0n) is 15.9. The van der Waals surface area contributed by atoms with Crippen molar-refractivity contribution in [2.45, 2.75) is 19.4 Å². The third-order valence-electron chi connectivity index (χ3n) is 4.34. The molecule has 0 aromatic heterocycles. The number of benzene rings is 2. The molecule has 0 unspecified atom stereocenters. The molecular weight excluding hydrogens is 342 g/mol. The number of nitrogens with two attached hydrogens (primary N) is 1. The van der Waals surface area contributed by atoms with E-state index >= 15 is 0 Å². The van der Waals surface area contributed by atoms with E-state index in [0.29, 0.717) is 28.5 Å². The minimum atomic E-state index is -0.497. The van der Waals surface area contributed by atoms with Crippen molar-refractivity contribution in [3.05, 3.63) is 59.2 Å². The van der Waals surface area contributed by atoms with Crippen LogP contribution in [0, 0.1) is 0 Å². The molecule has 3 rings (SSSR count). The Morgan fingerprint density at radius 3 is 2.48 bits per heavy atom. The maximum absolute atomic E-state index is 12.8. The van der Waals surface area contributed by atoms with Crippen molar-refractivity contribution in [3.63, 3.8) is 0 Å². The minimum Gasteiger partial charge on any atom is -0.496 e. The summed E-state index contributed by atoms with van der Waals surface area (Å²) in [5.74, 6) is 1.64. The highest BCUT2D eigenvalue weighted by atomic mass is 16.5. The fraction of sp³-hybridized carbons (Fsp3) is 0.227. The normalized spacial score (nSPS) is 14.5. The highest BCUT2D eigenvalue weighted by Gasteiger charge is 2.27. The van der Waals surface area contributed by atoms with E-state index in [1.54, 1.807) is 44.6 Å². The molecule has 0 amide bonds. The molecule has 1 aliphatic rings. The maximum atomic E-state index is 12.8. The zero-order valence-corrected chi connectivity index (χ0v) is 15.9. The number of ether oxygens (including phenoxy) is 3. The molecule has 2 N–H and O–H groups in total. The fourth-order valence-corrected chi connectivity index (χ4v) is 2.92. The van der Waals surface area contributed by atoms with Gasteiger partial charge in [-0.25, -0.2) is 0 Å². The Hall–Kier alpha value is -3.21. The summed E-state index contributed by atoms with van der Waals surface area (Å²) in [5, 5.41) is 0. The van der Waals surface area contributed by atoms with Crippen molar-refractivity contribution >= 4 is 23.6 Å². The number of anilines is 1. The lowest BCUT2D eigenvalue weighted by atomic mass is 9.97. The lowest BCUT2D eigenvalue weighted by Gasteiger charge is -2.29. The van der Waals surface area contributed by atoms with Crippen molar-refractivity contribution < 1.29 is 19.0 Å².